The lowest BCUT2D eigenvalue weighted by molar-refractivity contribution is -0.133. The molecule has 0 bridgehead atoms. The Morgan fingerprint density at radius 1 is 1.30 bits per heavy atom. The van der Waals surface area contributed by atoms with Crippen molar-refractivity contribution in [1.82, 2.24) is 10.2 Å². The molecule has 1 N–H and O–H groups in total. The van der Waals surface area contributed by atoms with Gasteiger partial charge < -0.3 is 15.1 Å². The van der Waals surface area contributed by atoms with Crippen molar-refractivity contribution in [2.75, 3.05) is 25.0 Å². The lowest BCUT2D eigenvalue weighted by Gasteiger charge is -2.18. The van der Waals surface area contributed by atoms with Crippen molar-refractivity contribution in [3.8, 4) is 0 Å². The van der Waals surface area contributed by atoms with Gasteiger partial charge in [-0.1, -0.05) is 23.7 Å². The molecule has 3 rings (SSSR count). The molecule has 0 aromatic heterocycles. The molecule has 6 nitrogen and oxygen atoms in total. The van der Waals surface area contributed by atoms with E-state index in [0.717, 1.165) is 0 Å². The zero-order valence-electron chi connectivity index (χ0n) is 12.8. The molecule has 2 saturated heterocycles. The summed E-state index contributed by atoms with van der Waals surface area (Å²) in [5, 5.41) is 3.25. The van der Waals surface area contributed by atoms with Gasteiger partial charge in [0.25, 0.3) is 0 Å². The number of likely N-dealkylation sites (tertiary alicyclic amines) is 1. The Bertz CT molecular complexity index is 664. The van der Waals surface area contributed by atoms with Crippen molar-refractivity contribution in [2.24, 2.45) is 5.92 Å². The van der Waals surface area contributed by atoms with E-state index in [1.807, 2.05) is 0 Å². The number of halogens is 1. The topological polar surface area (TPSA) is 69.7 Å². The SMILES string of the molecule is CN1CCC(NC(=O)C2CC(=O)N(c3ccccc3Cl)C2)C1=O. The van der Waals surface area contributed by atoms with Gasteiger partial charge in [0, 0.05) is 26.6 Å². The first-order valence-electron chi connectivity index (χ1n) is 7.57. The third-order valence-electron chi connectivity index (χ3n) is 4.38. The molecule has 1 aromatic carbocycles. The van der Waals surface area contributed by atoms with Crippen molar-refractivity contribution >= 4 is 35.0 Å². The van der Waals surface area contributed by atoms with E-state index >= 15 is 0 Å². The monoisotopic (exact) mass is 335 g/mol. The minimum Gasteiger partial charge on any atom is -0.344 e. The molecule has 2 aliphatic rings. The Labute approximate surface area is 139 Å². The predicted molar refractivity (Wildman–Crippen MR) is 86.1 cm³/mol. The summed E-state index contributed by atoms with van der Waals surface area (Å²) >= 11 is 6.12. The third-order valence-corrected chi connectivity index (χ3v) is 4.70. The van der Waals surface area contributed by atoms with Crippen LogP contribution in [-0.4, -0.2) is 48.8 Å². The molecule has 23 heavy (non-hydrogen) atoms. The van der Waals surface area contributed by atoms with Crippen LogP contribution in [0.2, 0.25) is 5.02 Å². The summed E-state index contributed by atoms with van der Waals surface area (Å²) in [6, 6.07) is 6.59. The maximum absolute atomic E-state index is 12.4. The molecule has 7 heteroatoms. The fourth-order valence-electron chi connectivity index (χ4n) is 3.03. The number of rotatable bonds is 3. The average molecular weight is 336 g/mol. The first kappa shape index (κ1) is 15.8. The summed E-state index contributed by atoms with van der Waals surface area (Å²) in [6.07, 6.45) is 0.740. The fourth-order valence-corrected chi connectivity index (χ4v) is 3.27. The summed E-state index contributed by atoms with van der Waals surface area (Å²) < 4.78 is 0. The van der Waals surface area contributed by atoms with E-state index in [2.05, 4.69) is 5.32 Å². The number of carbonyl (C=O) groups excluding carboxylic acids is 3. The molecule has 2 unspecified atom stereocenters. The van der Waals surface area contributed by atoms with Crippen LogP contribution in [0.15, 0.2) is 24.3 Å². The van der Waals surface area contributed by atoms with Gasteiger partial charge in [-0.05, 0) is 18.6 Å². The van der Waals surface area contributed by atoms with Gasteiger partial charge in [-0.15, -0.1) is 0 Å². The van der Waals surface area contributed by atoms with Crippen LogP contribution in [0.4, 0.5) is 5.69 Å². The number of para-hydroxylation sites is 1. The van der Waals surface area contributed by atoms with E-state index < -0.39 is 12.0 Å². The van der Waals surface area contributed by atoms with Crippen molar-refractivity contribution in [2.45, 2.75) is 18.9 Å². The molecular formula is C16H18ClN3O3. The summed E-state index contributed by atoms with van der Waals surface area (Å²) in [4.78, 5) is 39.6. The number of amides is 3. The predicted octanol–water partition coefficient (Wildman–Crippen LogP) is 1.04. The number of hydrogen-bond acceptors (Lipinski definition) is 3. The van der Waals surface area contributed by atoms with Crippen LogP contribution < -0.4 is 10.2 Å². The Balaban J connectivity index is 1.67. The highest BCUT2D eigenvalue weighted by atomic mass is 35.5. The molecule has 2 atom stereocenters. The molecule has 0 aliphatic carbocycles. The quantitative estimate of drug-likeness (QED) is 0.897. The van der Waals surface area contributed by atoms with Gasteiger partial charge in [0.2, 0.25) is 17.7 Å². The number of hydrogen-bond donors (Lipinski definition) is 1. The Hall–Kier alpha value is -2.08. The minimum atomic E-state index is -0.475. The highest BCUT2D eigenvalue weighted by Crippen LogP contribution is 2.31. The summed E-state index contributed by atoms with van der Waals surface area (Å²) in [6.45, 7) is 0.921. The minimum absolute atomic E-state index is 0.0781. The second-order valence-corrected chi connectivity index (χ2v) is 6.37. The molecule has 2 aliphatic heterocycles. The largest absolute Gasteiger partial charge is 0.344 e. The smallest absolute Gasteiger partial charge is 0.244 e. The number of likely N-dealkylation sites (N-methyl/N-ethyl adjacent to an activating group) is 1. The Kier molecular flexibility index (Phi) is 4.26. The van der Waals surface area contributed by atoms with Gasteiger partial charge >= 0.3 is 0 Å². The van der Waals surface area contributed by atoms with Crippen LogP contribution in [-0.2, 0) is 14.4 Å². The van der Waals surface area contributed by atoms with Crippen LogP contribution in [0.1, 0.15) is 12.8 Å². The highest BCUT2D eigenvalue weighted by molar-refractivity contribution is 6.33. The zero-order valence-corrected chi connectivity index (χ0v) is 13.5. The molecule has 3 amide bonds. The van der Waals surface area contributed by atoms with Crippen LogP contribution in [0, 0.1) is 5.92 Å². The van der Waals surface area contributed by atoms with Crippen LogP contribution >= 0.6 is 11.6 Å². The second-order valence-electron chi connectivity index (χ2n) is 5.97. The van der Waals surface area contributed by atoms with Crippen molar-refractivity contribution in [3.63, 3.8) is 0 Å². The maximum Gasteiger partial charge on any atom is 0.244 e. The zero-order chi connectivity index (χ0) is 16.6. The van der Waals surface area contributed by atoms with Crippen molar-refractivity contribution < 1.29 is 14.4 Å². The summed E-state index contributed by atoms with van der Waals surface area (Å²) in [5.74, 6) is -0.919. The van der Waals surface area contributed by atoms with Crippen molar-refractivity contribution in [3.05, 3.63) is 29.3 Å². The number of benzene rings is 1. The van der Waals surface area contributed by atoms with Gasteiger partial charge in [-0.25, -0.2) is 0 Å². The highest BCUT2D eigenvalue weighted by Gasteiger charge is 2.38. The second kappa shape index (κ2) is 6.20. The number of nitrogens with one attached hydrogen (secondary N) is 1. The lowest BCUT2D eigenvalue weighted by atomic mass is 10.1. The van der Waals surface area contributed by atoms with E-state index in [1.165, 1.54) is 4.90 Å². The van der Waals surface area contributed by atoms with Gasteiger partial charge in [0.1, 0.15) is 6.04 Å². The number of anilines is 1. The van der Waals surface area contributed by atoms with Gasteiger partial charge in [-0.2, -0.15) is 0 Å². The standard InChI is InChI=1S/C16H18ClN3O3/c1-19-7-6-12(16(19)23)18-15(22)10-8-14(21)20(9-10)13-5-3-2-4-11(13)17/h2-5,10,12H,6-9H2,1H3,(H,18,22). The molecule has 0 spiro atoms. The summed E-state index contributed by atoms with van der Waals surface area (Å²) in [7, 11) is 1.72. The van der Waals surface area contributed by atoms with Crippen LogP contribution in [0.25, 0.3) is 0 Å². The van der Waals surface area contributed by atoms with Gasteiger partial charge in [0.05, 0.1) is 16.6 Å². The lowest BCUT2D eigenvalue weighted by Crippen LogP contribution is -2.43. The Morgan fingerprint density at radius 3 is 2.70 bits per heavy atom. The van der Waals surface area contributed by atoms with Gasteiger partial charge in [-0.3, -0.25) is 14.4 Å². The Morgan fingerprint density at radius 2 is 2.04 bits per heavy atom. The van der Waals surface area contributed by atoms with E-state index in [-0.39, 0.29) is 30.7 Å². The average Bonchev–Trinajstić information content (AvgIpc) is 3.05. The number of carbonyl (C=O) groups is 3. The van der Waals surface area contributed by atoms with E-state index in [4.69, 9.17) is 11.6 Å². The first-order valence-corrected chi connectivity index (χ1v) is 7.95. The normalized spacial score (nSPS) is 24.4. The van der Waals surface area contributed by atoms with Gasteiger partial charge in [0.15, 0.2) is 0 Å². The van der Waals surface area contributed by atoms with Crippen LogP contribution in [0.5, 0.6) is 0 Å². The summed E-state index contributed by atoms with van der Waals surface area (Å²) in [5.41, 5.74) is 0.617. The third kappa shape index (κ3) is 3.03. The van der Waals surface area contributed by atoms with Crippen LogP contribution in [0.3, 0.4) is 0 Å². The molecule has 2 fully saturated rings. The molecule has 2 heterocycles. The van der Waals surface area contributed by atoms with Crippen molar-refractivity contribution in [1.29, 1.82) is 0 Å². The van der Waals surface area contributed by atoms with E-state index in [0.29, 0.717) is 23.7 Å². The molecule has 0 saturated carbocycles. The van der Waals surface area contributed by atoms with E-state index in [1.54, 1.807) is 36.2 Å². The molecule has 1 aromatic rings. The molecule has 0 radical (unpaired) electrons. The van der Waals surface area contributed by atoms with E-state index in [9.17, 15) is 14.4 Å². The fraction of sp³-hybridized carbons (Fsp3) is 0.438. The maximum atomic E-state index is 12.4. The number of nitrogens with zero attached hydrogens (tertiary/aromatic N) is 2. The molecular weight excluding hydrogens is 318 g/mol. The first-order chi connectivity index (χ1) is 11.0. The molecule has 122 valence electrons.